The van der Waals surface area contributed by atoms with Gasteiger partial charge in [0.1, 0.15) is 5.82 Å². The predicted octanol–water partition coefficient (Wildman–Crippen LogP) is 1.60. The molecule has 1 aliphatic rings. The van der Waals surface area contributed by atoms with Crippen molar-refractivity contribution in [1.82, 2.24) is 0 Å². The van der Waals surface area contributed by atoms with Crippen LogP contribution in [0.1, 0.15) is 11.6 Å². The van der Waals surface area contributed by atoms with E-state index in [1.165, 1.54) is 6.07 Å². The molecule has 2 rings (SSSR count). The number of benzene rings is 1. The molecule has 0 saturated carbocycles. The van der Waals surface area contributed by atoms with Gasteiger partial charge >= 0.3 is 0 Å². The molecule has 1 unspecified atom stereocenters. The van der Waals surface area contributed by atoms with Crippen LogP contribution in [-0.4, -0.2) is 24.9 Å². The summed E-state index contributed by atoms with van der Waals surface area (Å²) in [6.45, 7) is 0.646. The second-order valence-corrected chi connectivity index (χ2v) is 5.07. The molecule has 3 nitrogen and oxygen atoms in total. The number of rotatable bonds is 3. The number of aliphatic hydroxyl groups excluding tert-OH is 1. The highest BCUT2D eigenvalue weighted by atomic mass is 79.9. The Morgan fingerprint density at radius 1 is 1.56 bits per heavy atom. The van der Waals surface area contributed by atoms with Crippen LogP contribution in [0.3, 0.4) is 0 Å². The first-order chi connectivity index (χ1) is 7.59. The van der Waals surface area contributed by atoms with Crippen LogP contribution in [0.15, 0.2) is 22.7 Å². The van der Waals surface area contributed by atoms with Crippen molar-refractivity contribution < 1.29 is 14.2 Å². The molecule has 1 aliphatic heterocycles. The van der Waals surface area contributed by atoms with Crippen molar-refractivity contribution in [1.29, 1.82) is 0 Å². The lowest BCUT2D eigenvalue weighted by molar-refractivity contribution is -0.150. The quantitative estimate of drug-likeness (QED) is 0.889. The Labute approximate surface area is 102 Å². The second-order valence-electron chi connectivity index (χ2n) is 4.16. The second kappa shape index (κ2) is 4.41. The van der Waals surface area contributed by atoms with Gasteiger partial charge in [0.05, 0.1) is 25.2 Å². The van der Waals surface area contributed by atoms with Gasteiger partial charge < -0.3 is 15.6 Å². The normalized spacial score (nSPS) is 20.2. The van der Waals surface area contributed by atoms with Gasteiger partial charge in [-0.15, -0.1) is 0 Å². The van der Waals surface area contributed by atoms with Gasteiger partial charge in [-0.2, -0.15) is 0 Å². The SMILES string of the molecule is NC(c1cc(Br)ccc1F)C1(CO)COC1. The van der Waals surface area contributed by atoms with Gasteiger partial charge in [-0.3, -0.25) is 0 Å². The molecule has 0 aliphatic carbocycles. The first-order valence-corrected chi connectivity index (χ1v) is 5.77. The molecule has 3 N–H and O–H groups in total. The van der Waals surface area contributed by atoms with Gasteiger partial charge in [0.25, 0.3) is 0 Å². The zero-order chi connectivity index (χ0) is 11.8. The van der Waals surface area contributed by atoms with Gasteiger partial charge in [-0.05, 0) is 18.2 Å². The fourth-order valence-electron chi connectivity index (χ4n) is 1.82. The molecule has 1 fully saturated rings. The number of hydrogen-bond donors (Lipinski definition) is 2. The van der Waals surface area contributed by atoms with E-state index in [0.29, 0.717) is 18.8 Å². The number of ether oxygens (including phenoxy) is 1. The lowest BCUT2D eigenvalue weighted by atomic mass is 9.76. The van der Waals surface area contributed by atoms with Crippen molar-refractivity contribution in [3.8, 4) is 0 Å². The van der Waals surface area contributed by atoms with Crippen LogP contribution in [0.4, 0.5) is 4.39 Å². The summed E-state index contributed by atoms with van der Waals surface area (Å²) >= 11 is 3.28. The van der Waals surface area contributed by atoms with E-state index in [-0.39, 0.29) is 12.4 Å². The Morgan fingerprint density at radius 2 is 2.25 bits per heavy atom. The van der Waals surface area contributed by atoms with Gasteiger partial charge in [0, 0.05) is 16.1 Å². The van der Waals surface area contributed by atoms with Crippen molar-refractivity contribution >= 4 is 15.9 Å². The highest BCUT2D eigenvalue weighted by molar-refractivity contribution is 9.10. The maximum atomic E-state index is 13.6. The van der Waals surface area contributed by atoms with Gasteiger partial charge in [0.15, 0.2) is 0 Å². The summed E-state index contributed by atoms with van der Waals surface area (Å²) in [5.74, 6) is -0.351. The monoisotopic (exact) mass is 289 g/mol. The topological polar surface area (TPSA) is 55.5 Å². The Morgan fingerprint density at radius 3 is 2.75 bits per heavy atom. The van der Waals surface area contributed by atoms with Crippen molar-refractivity contribution in [2.45, 2.75) is 6.04 Å². The lowest BCUT2D eigenvalue weighted by Crippen LogP contribution is -2.53. The summed E-state index contributed by atoms with van der Waals surface area (Å²) in [5, 5.41) is 9.33. The van der Waals surface area contributed by atoms with Crippen molar-refractivity contribution in [3.05, 3.63) is 34.1 Å². The standard InChI is InChI=1S/C11H13BrFNO2/c12-7-1-2-9(13)8(3-7)10(14)11(4-15)5-16-6-11/h1-3,10,15H,4-6,14H2. The van der Waals surface area contributed by atoms with E-state index in [1.54, 1.807) is 12.1 Å². The van der Waals surface area contributed by atoms with Crippen molar-refractivity contribution in [3.63, 3.8) is 0 Å². The van der Waals surface area contributed by atoms with E-state index in [4.69, 9.17) is 10.5 Å². The Hall–Kier alpha value is -0.490. The highest BCUT2D eigenvalue weighted by Gasteiger charge is 2.45. The molecule has 0 radical (unpaired) electrons. The smallest absolute Gasteiger partial charge is 0.128 e. The number of halogens is 2. The molecule has 0 aromatic heterocycles. The molecule has 88 valence electrons. The van der Waals surface area contributed by atoms with Gasteiger partial charge in [-0.1, -0.05) is 15.9 Å². The van der Waals surface area contributed by atoms with E-state index in [9.17, 15) is 9.50 Å². The van der Waals surface area contributed by atoms with E-state index < -0.39 is 11.5 Å². The summed E-state index contributed by atoms with van der Waals surface area (Å²) < 4.78 is 19.5. The molecule has 0 bridgehead atoms. The molecular weight excluding hydrogens is 277 g/mol. The third-order valence-corrected chi connectivity index (χ3v) is 3.54. The summed E-state index contributed by atoms with van der Waals surface area (Å²) in [7, 11) is 0. The zero-order valence-electron chi connectivity index (χ0n) is 8.62. The maximum absolute atomic E-state index is 13.6. The molecule has 0 amide bonds. The molecule has 1 heterocycles. The minimum absolute atomic E-state index is 0.0971. The Balaban J connectivity index is 2.32. The predicted molar refractivity (Wildman–Crippen MR) is 61.4 cm³/mol. The third-order valence-electron chi connectivity index (χ3n) is 3.05. The minimum atomic E-state index is -0.552. The van der Waals surface area contributed by atoms with Crippen molar-refractivity contribution in [2.24, 2.45) is 11.1 Å². The number of nitrogens with two attached hydrogens (primary N) is 1. The summed E-state index contributed by atoms with van der Waals surface area (Å²) in [6.07, 6.45) is 0. The molecule has 16 heavy (non-hydrogen) atoms. The maximum Gasteiger partial charge on any atom is 0.128 e. The zero-order valence-corrected chi connectivity index (χ0v) is 10.2. The van der Waals surface area contributed by atoms with E-state index in [2.05, 4.69) is 15.9 Å². The van der Waals surface area contributed by atoms with Crippen LogP contribution in [0.5, 0.6) is 0 Å². The highest BCUT2D eigenvalue weighted by Crippen LogP contribution is 2.39. The fourth-order valence-corrected chi connectivity index (χ4v) is 2.20. The van der Waals surface area contributed by atoms with E-state index in [0.717, 1.165) is 4.47 Å². The lowest BCUT2D eigenvalue weighted by Gasteiger charge is -2.44. The Kier molecular flexibility index (Phi) is 3.30. The minimum Gasteiger partial charge on any atom is -0.396 e. The van der Waals surface area contributed by atoms with Gasteiger partial charge in [-0.25, -0.2) is 4.39 Å². The molecule has 1 saturated heterocycles. The summed E-state index contributed by atoms with van der Waals surface area (Å²) in [5.41, 5.74) is 5.88. The van der Waals surface area contributed by atoms with Crippen LogP contribution in [0.2, 0.25) is 0 Å². The van der Waals surface area contributed by atoms with Crippen molar-refractivity contribution in [2.75, 3.05) is 19.8 Å². The average Bonchev–Trinajstić information content (AvgIpc) is 2.21. The average molecular weight is 290 g/mol. The van der Waals surface area contributed by atoms with Crippen LogP contribution in [-0.2, 0) is 4.74 Å². The van der Waals surface area contributed by atoms with Crippen LogP contribution < -0.4 is 5.73 Å². The molecule has 1 aromatic carbocycles. The van der Waals surface area contributed by atoms with Crippen LogP contribution in [0.25, 0.3) is 0 Å². The summed E-state index contributed by atoms with van der Waals surface area (Å²) in [6, 6.07) is 4.08. The molecule has 5 heteroatoms. The molecular formula is C11H13BrFNO2. The number of aliphatic hydroxyl groups is 1. The van der Waals surface area contributed by atoms with E-state index in [1.807, 2.05) is 0 Å². The van der Waals surface area contributed by atoms with E-state index >= 15 is 0 Å². The fraction of sp³-hybridized carbons (Fsp3) is 0.455. The largest absolute Gasteiger partial charge is 0.396 e. The van der Waals surface area contributed by atoms with Crippen LogP contribution >= 0.6 is 15.9 Å². The molecule has 0 spiro atoms. The first kappa shape index (κ1) is 12.0. The number of hydrogen-bond acceptors (Lipinski definition) is 3. The van der Waals surface area contributed by atoms with Crippen LogP contribution in [0, 0.1) is 11.2 Å². The Bertz CT molecular complexity index is 390. The third kappa shape index (κ3) is 1.88. The first-order valence-electron chi connectivity index (χ1n) is 4.98. The van der Waals surface area contributed by atoms with Gasteiger partial charge in [0.2, 0.25) is 0 Å². The molecule has 1 aromatic rings. The summed E-state index contributed by atoms with van der Waals surface area (Å²) in [4.78, 5) is 0. The molecule has 1 atom stereocenters.